The van der Waals surface area contributed by atoms with Crippen LogP contribution in [0, 0.1) is 5.92 Å². The average molecular weight is 246 g/mol. The molecule has 0 aromatic rings. The van der Waals surface area contributed by atoms with Crippen molar-refractivity contribution in [3.63, 3.8) is 0 Å². The van der Waals surface area contributed by atoms with Crippen molar-refractivity contribution in [3.8, 4) is 0 Å². The highest BCUT2D eigenvalue weighted by atomic mass is 16.6. The fraction of sp³-hybridized carbons (Fsp3) is 0.917. The Labute approximate surface area is 104 Å². The molecule has 5 nitrogen and oxygen atoms in total. The molecule has 0 rings (SSSR count). The zero-order valence-electron chi connectivity index (χ0n) is 11.4. The van der Waals surface area contributed by atoms with Gasteiger partial charge in [-0.25, -0.2) is 4.79 Å². The lowest BCUT2D eigenvalue weighted by atomic mass is 10.0. The zero-order valence-corrected chi connectivity index (χ0v) is 11.4. The molecule has 17 heavy (non-hydrogen) atoms. The first-order valence-corrected chi connectivity index (χ1v) is 6.11. The number of primary amides is 1. The number of likely N-dealkylation sites (N-methyl/N-ethyl adjacent to an activating group) is 1. The highest BCUT2D eigenvalue weighted by Gasteiger charge is 2.16. The Morgan fingerprint density at radius 3 is 2.47 bits per heavy atom. The molecule has 5 heteroatoms. The van der Waals surface area contributed by atoms with Gasteiger partial charge in [0.05, 0.1) is 6.61 Å². The van der Waals surface area contributed by atoms with Crippen LogP contribution in [-0.4, -0.2) is 51.0 Å². The molecule has 0 heterocycles. The highest BCUT2D eigenvalue weighted by molar-refractivity contribution is 5.64. The molecule has 0 unspecified atom stereocenters. The fourth-order valence-corrected chi connectivity index (χ4v) is 1.60. The monoisotopic (exact) mass is 246 g/mol. The van der Waals surface area contributed by atoms with E-state index in [1.54, 1.807) is 7.11 Å². The van der Waals surface area contributed by atoms with Crippen LogP contribution in [0.2, 0.25) is 0 Å². The number of amides is 1. The number of carbonyl (C=O) groups excluding carboxylic acids is 1. The summed E-state index contributed by atoms with van der Waals surface area (Å²) < 4.78 is 10.1. The van der Waals surface area contributed by atoms with Gasteiger partial charge in [-0.3, -0.25) is 0 Å². The quantitative estimate of drug-likeness (QED) is 0.669. The first kappa shape index (κ1) is 16.2. The van der Waals surface area contributed by atoms with E-state index in [2.05, 4.69) is 11.9 Å². The third-order valence-corrected chi connectivity index (χ3v) is 2.72. The number of methoxy groups -OCH3 is 1. The van der Waals surface area contributed by atoms with Gasteiger partial charge >= 0.3 is 6.09 Å². The zero-order chi connectivity index (χ0) is 13.3. The molecule has 0 radical (unpaired) electrons. The van der Waals surface area contributed by atoms with Gasteiger partial charge in [0.2, 0.25) is 0 Å². The predicted octanol–water partition coefficient (Wildman–Crippen LogP) is 1.46. The van der Waals surface area contributed by atoms with Crippen molar-refractivity contribution in [1.82, 2.24) is 4.90 Å². The average Bonchev–Trinajstić information content (AvgIpc) is 2.24. The summed E-state index contributed by atoms with van der Waals surface area (Å²) in [7, 11) is 3.75. The van der Waals surface area contributed by atoms with E-state index < -0.39 is 6.09 Å². The lowest BCUT2D eigenvalue weighted by Crippen LogP contribution is -2.29. The van der Waals surface area contributed by atoms with E-state index in [1.165, 1.54) is 0 Å². The number of hydrogen-bond donors (Lipinski definition) is 1. The molecule has 0 saturated heterocycles. The molecule has 2 N–H and O–H groups in total. The summed E-state index contributed by atoms with van der Waals surface area (Å²) in [5.41, 5.74) is 5.04. The van der Waals surface area contributed by atoms with Gasteiger partial charge in [-0.2, -0.15) is 0 Å². The Balaban J connectivity index is 3.77. The van der Waals surface area contributed by atoms with Crippen LogP contribution in [0.1, 0.15) is 26.7 Å². The van der Waals surface area contributed by atoms with Crippen LogP contribution >= 0.6 is 0 Å². The Morgan fingerprint density at radius 1 is 1.35 bits per heavy atom. The van der Waals surface area contributed by atoms with Crippen LogP contribution in [0.15, 0.2) is 0 Å². The van der Waals surface area contributed by atoms with Gasteiger partial charge in [-0.05, 0) is 32.4 Å². The van der Waals surface area contributed by atoms with E-state index in [9.17, 15) is 4.79 Å². The molecule has 0 fully saturated rings. The predicted molar refractivity (Wildman–Crippen MR) is 67.9 cm³/mol. The SMILES string of the molecule is COCCN(C)CCC[C@@H](OC(N)=O)C(C)C. The number of rotatable bonds is 9. The Hall–Kier alpha value is -0.810. The van der Waals surface area contributed by atoms with Crippen LogP contribution in [0.4, 0.5) is 4.79 Å². The van der Waals surface area contributed by atoms with Crippen molar-refractivity contribution < 1.29 is 14.3 Å². The second kappa shape index (κ2) is 9.24. The van der Waals surface area contributed by atoms with E-state index >= 15 is 0 Å². The molecular weight excluding hydrogens is 220 g/mol. The van der Waals surface area contributed by atoms with Gasteiger partial charge in [0.1, 0.15) is 6.10 Å². The standard InChI is InChI=1S/C12H26N2O3/c1-10(2)11(17-12(13)15)6-5-7-14(3)8-9-16-4/h10-11H,5-9H2,1-4H3,(H2,13,15)/t11-/m1/s1. The molecule has 1 atom stereocenters. The van der Waals surface area contributed by atoms with E-state index in [0.29, 0.717) is 5.92 Å². The van der Waals surface area contributed by atoms with E-state index in [0.717, 1.165) is 32.5 Å². The van der Waals surface area contributed by atoms with Gasteiger partial charge in [0.15, 0.2) is 0 Å². The minimum Gasteiger partial charge on any atom is -0.446 e. The number of ether oxygens (including phenoxy) is 2. The van der Waals surface area contributed by atoms with Crippen molar-refractivity contribution in [1.29, 1.82) is 0 Å². The van der Waals surface area contributed by atoms with Crippen molar-refractivity contribution in [2.45, 2.75) is 32.8 Å². The molecule has 0 aliphatic carbocycles. The molecule has 0 bridgehead atoms. The maximum atomic E-state index is 10.7. The van der Waals surface area contributed by atoms with E-state index in [-0.39, 0.29) is 6.10 Å². The summed E-state index contributed by atoms with van der Waals surface area (Å²) in [6.45, 7) is 6.68. The van der Waals surface area contributed by atoms with E-state index in [1.807, 2.05) is 13.8 Å². The smallest absolute Gasteiger partial charge is 0.404 e. The van der Waals surface area contributed by atoms with Gasteiger partial charge in [-0.1, -0.05) is 13.8 Å². The molecule has 0 aliphatic rings. The lowest BCUT2D eigenvalue weighted by Gasteiger charge is -2.22. The second-order valence-corrected chi connectivity index (χ2v) is 4.66. The summed E-state index contributed by atoms with van der Waals surface area (Å²) >= 11 is 0. The number of carbonyl (C=O) groups is 1. The van der Waals surface area contributed by atoms with Crippen molar-refractivity contribution in [3.05, 3.63) is 0 Å². The van der Waals surface area contributed by atoms with Gasteiger partial charge < -0.3 is 20.1 Å². The molecule has 1 amide bonds. The molecule has 0 saturated carbocycles. The summed E-state index contributed by atoms with van der Waals surface area (Å²) in [4.78, 5) is 12.9. The van der Waals surface area contributed by atoms with Crippen molar-refractivity contribution >= 4 is 6.09 Å². The Bertz CT molecular complexity index is 210. The number of hydrogen-bond acceptors (Lipinski definition) is 4. The summed E-state index contributed by atoms with van der Waals surface area (Å²) in [5, 5.41) is 0. The highest BCUT2D eigenvalue weighted by Crippen LogP contribution is 2.13. The van der Waals surface area contributed by atoms with Crippen molar-refractivity contribution in [2.75, 3.05) is 33.9 Å². The molecule has 102 valence electrons. The Morgan fingerprint density at radius 2 is 2.00 bits per heavy atom. The van der Waals surface area contributed by atoms with Crippen LogP contribution in [0.25, 0.3) is 0 Å². The van der Waals surface area contributed by atoms with Gasteiger partial charge in [0, 0.05) is 13.7 Å². The van der Waals surface area contributed by atoms with Crippen LogP contribution in [0.3, 0.4) is 0 Å². The summed E-state index contributed by atoms with van der Waals surface area (Å²) in [6, 6.07) is 0. The van der Waals surface area contributed by atoms with E-state index in [4.69, 9.17) is 15.2 Å². The molecule has 0 aromatic carbocycles. The topological polar surface area (TPSA) is 64.8 Å². The van der Waals surface area contributed by atoms with Crippen LogP contribution in [-0.2, 0) is 9.47 Å². The fourth-order valence-electron chi connectivity index (χ4n) is 1.60. The summed E-state index contributed by atoms with van der Waals surface area (Å²) in [6.07, 6.45) is 1.06. The minimum atomic E-state index is -0.684. The summed E-state index contributed by atoms with van der Waals surface area (Å²) in [5.74, 6) is 0.298. The third kappa shape index (κ3) is 8.94. The molecule has 0 aromatic heterocycles. The molecular formula is C12H26N2O3. The third-order valence-electron chi connectivity index (χ3n) is 2.72. The molecule has 0 spiro atoms. The first-order valence-electron chi connectivity index (χ1n) is 6.11. The second-order valence-electron chi connectivity index (χ2n) is 4.66. The number of nitrogens with zero attached hydrogens (tertiary/aromatic N) is 1. The largest absolute Gasteiger partial charge is 0.446 e. The van der Waals surface area contributed by atoms with Crippen LogP contribution in [0.5, 0.6) is 0 Å². The normalized spacial score (nSPS) is 13.1. The van der Waals surface area contributed by atoms with Crippen LogP contribution < -0.4 is 5.73 Å². The Kier molecular flexibility index (Phi) is 8.80. The maximum Gasteiger partial charge on any atom is 0.404 e. The number of nitrogens with two attached hydrogens (primary N) is 1. The van der Waals surface area contributed by atoms with Gasteiger partial charge in [0.25, 0.3) is 0 Å². The van der Waals surface area contributed by atoms with Gasteiger partial charge in [-0.15, -0.1) is 0 Å². The minimum absolute atomic E-state index is 0.0803. The molecule has 0 aliphatic heterocycles. The first-order chi connectivity index (χ1) is 7.97. The van der Waals surface area contributed by atoms with Crippen molar-refractivity contribution in [2.24, 2.45) is 11.7 Å². The maximum absolute atomic E-state index is 10.7. The lowest BCUT2D eigenvalue weighted by molar-refractivity contribution is 0.0691.